The molecular weight excluding hydrogens is 322 g/mol. The van der Waals surface area contributed by atoms with Crippen LogP contribution >= 0.6 is 11.3 Å². The van der Waals surface area contributed by atoms with E-state index in [1.165, 1.54) is 9.75 Å². The summed E-state index contributed by atoms with van der Waals surface area (Å²) in [6, 6.07) is 12.0. The van der Waals surface area contributed by atoms with Crippen molar-refractivity contribution in [2.75, 3.05) is 20.3 Å². The smallest absolute Gasteiger partial charge is 0.226 e. The molecule has 0 radical (unpaired) electrons. The van der Waals surface area contributed by atoms with Crippen molar-refractivity contribution < 1.29 is 14.6 Å². The molecule has 24 heavy (non-hydrogen) atoms. The van der Waals surface area contributed by atoms with Crippen LogP contribution in [0.25, 0.3) is 0 Å². The third kappa shape index (κ3) is 3.62. The summed E-state index contributed by atoms with van der Waals surface area (Å²) in [5.41, 5.74) is 0.964. The standard InChI is InChI=1S/C19H23NO3S/c1-13-7-8-18(24-13)15-11-16(15)19(22)20(9-10-21)12-14-5-3-4-6-17(14)23-2/h3-8,15-16,21H,9-12H2,1-2H3. The minimum Gasteiger partial charge on any atom is -0.496 e. The highest BCUT2D eigenvalue weighted by atomic mass is 32.1. The number of nitrogens with zero attached hydrogens (tertiary/aromatic N) is 1. The van der Waals surface area contributed by atoms with Crippen LogP contribution in [0.4, 0.5) is 0 Å². The fraction of sp³-hybridized carbons (Fsp3) is 0.421. The topological polar surface area (TPSA) is 49.8 Å². The lowest BCUT2D eigenvalue weighted by atomic mass is 10.1. The first-order chi connectivity index (χ1) is 11.6. The SMILES string of the molecule is COc1ccccc1CN(CCO)C(=O)C1CC1c1ccc(C)s1. The van der Waals surface area contributed by atoms with Crippen LogP contribution in [-0.2, 0) is 11.3 Å². The van der Waals surface area contributed by atoms with Crippen LogP contribution in [-0.4, -0.2) is 36.2 Å². The lowest BCUT2D eigenvalue weighted by Gasteiger charge is -2.23. The summed E-state index contributed by atoms with van der Waals surface area (Å²) in [6.07, 6.45) is 0.909. The van der Waals surface area contributed by atoms with E-state index in [0.717, 1.165) is 17.7 Å². The largest absolute Gasteiger partial charge is 0.496 e. The molecule has 5 heteroatoms. The summed E-state index contributed by atoms with van der Waals surface area (Å²) >= 11 is 1.77. The van der Waals surface area contributed by atoms with Crippen LogP contribution in [0.2, 0.25) is 0 Å². The first-order valence-electron chi connectivity index (χ1n) is 8.22. The number of rotatable bonds is 7. The summed E-state index contributed by atoms with van der Waals surface area (Å²) < 4.78 is 5.37. The molecule has 1 aromatic carbocycles. The first-order valence-corrected chi connectivity index (χ1v) is 9.03. The molecule has 2 aromatic rings. The quantitative estimate of drug-likeness (QED) is 0.838. The van der Waals surface area contributed by atoms with Crippen molar-refractivity contribution in [2.24, 2.45) is 5.92 Å². The summed E-state index contributed by atoms with van der Waals surface area (Å²) in [5, 5.41) is 9.36. The van der Waals surface area contributed by atoms with Gasteiger partial charge in [0.25, 0.3) is 0 Å². The van der Waals surface area contributed by atoms with Crippen LogP contribution in [0.3, 0.4) is 0 Å². The molecule has 1 amide bonds. The van der Waals surface area contributed by atoms with Gasteiger partial charge in [-0.05, 0) is 31.5 Å². The second-order valence-corrected chi connectivity index (χ2v) is 7.51. The fourth-order valence-electron chi connectivity index (χ4n) is 3.10. The highest BCUT2D eigenvalue weighted by Crippen LogP contribution is 2.50. The Kier molecular flexibility index (Phi) is 5.21. The van der Waals surface area contributed by atoms with Gasteiger partial charge in [0, 0.05) is 40.2 Å². The van der Waals surface area contributed by atoms with Crippen molar-refractivity contribution in [1.82, 2.24) is 4.90 Å². The molecule has 0 spiro atoms. The third-order valence-corrected chi connectivity index (χ3v) is 5.60. The number of aliphatic hydroxyl groups excluding tert-OH is 1. The van der Waals surface area contributed by atoms with Crippen LogP contribution in [0.5, 0.6) is 5.75 Å². The number of aliphatic hydroxyl groups is 1. The zero-order chi connectivity index (χ0) is 17.1. The Labute approximate surface area is 146 Å². The number of amides is 1. The van der Waals surface area contributed by atoms with Gasteiger partial charge in [0.15, 0.2) is 0 Å². The number of methoxy groups -OCH3 is 1. The van der Waals surface area contributed by atoms with Gasteiger partial charge < -0.3 is 14.7 Å². The summed E-state index contributed by atoms with van der Waals surface area (Å²) in [5.74, 6) is 1.29. The van der Waals surface area contributed by atoms with Gasteiger partial charge in [-0.3, -0.25) is 4.79 Å². The number of benzene rings is 1. The van der Waals surface area contributed by atoms with E-state index in [9.17, 15) is 9.90 Å². The zero-order valence-electron chi connectivity index (χ0n) is 14.1. The molecule has 1 heterocycles. The lowest BCUT2D eigenvalue weighted by molar-refractivity contribution is -0.133. The monoisotopic (exact) mass is 345 g/mol. The zero-order valence-corrected chi connectivity index (χ0v) is 14.9. The molecule has 2 unspecified atom stereocenters. The van der Waals surface area contributed by atoms with Crippen LogP contribution in [0.1, 0.15) is 27.7 Å². The minimum atomic E-state index is -0.0314. The molecule has 3 rings (SSSR count). The Morgan fingerprint density at radius 1 is 1.33 bits per heavy atom. The van der Waals surface area contributed by atoms with Crippen LogP contribution in [0.15, 0.2) is 36.4 Å². The third-order valence-electron chi connectivity index (χ3n) is 4.47. The number of ether oxygens (including phenoxy) is 1. The van der Waals surface area contributed by atoms with Crippen molar-refractivity contribution in [2.45, 2.75) is 25.8 Å². The molecule has 1 aromatic heterocycles. The van der Waals surface area contributed by atoms with E-state index in [1.807, 2.05) is 24.3 Å². The van der Waals surface area contributed by atoms with Gasteiger partial charge >= 0.3 is 0 Å². The summed E-state index contributed by atoms with van der Waals surface area (Å²) in [7, 11) is 1.63. The number of para-hydroxylation sites is 1. The number of hydrogen-bond acceptors (Lipinski definition) is 4. The highest BCUT2D eigenvalue weighted by molar-refractivity contribution is 7.12. The average Bonchev–Trinajstić information content (AvgIpc) is 3.28. The van der Waals surface area contributed by atoms with E-state index in [4.69, 9.17) is 4.74 Å². The molecule has 1 aliphatic rings. The fourth-order valence-corrected chi connectivity index (χ4v) is 4.15. The number of thiophene rings is 1. The molecule has 0 aliphatic heterocycles. The highest BCUT2D eigenvalue weighted by Gasteiger charge is 2.46. The van der Waals surface area contributed by atoms with Gasteiger partial charge in [-0.25, -0.2) is 0 Å². The molecule has 4 nitrogen and oxygen atoms in total. The molecule has 1 saturated carbocycles. The van der Waals surface area contributed by atoms with Crippen LogP contribution < -0.4 is 4.74 Å². The van der Waals surface area contributed by atoms with Gasteiger partial charge in [-0.15, -0.1) is 11.3 Å². The van der Waals surface area contributed by atoms with Crippen molar-refractivity contribution >= 4 is 17.2 Å². The predicted molar refractivity (Wildman–Crippen MR) is 95.4 cm³/mol. The molecule has 0 saturated heterocycles. The molecule has 1 fully saturated rings. The van der Waals surface area contributed by atoms with Crippen molar-refractivity contribution in [1.29, 1.82) is 0 Å². The Morgan fingerprint density at radius 3 is 2.79 bits per heavy atom. The molecule has 1 aliphatic carbocycles. The maximum Gasteiger partial charge on any atom is 0.226 e. The number of aryl methyl sites for hydroxylation is 1. The van der Waals surface area contributed by atoms with Crippen LogP contribution in [0, 0.1) is 12.8 Å². The first kappa shape index (κ1) is 17.0. The van der Waals surface area contributed by atoms with E-state index in [2.05, 4.69) is 19.1 Å². The number of carbonyl (C=O) groups is 1. The molecule has 1 N–H and O–H groups in total. The summed E-state index contributed by atoms with van der Waals surface area (Å²) in [6.45, 7) is 2.88. The number of carbonyl (C=O) groups excluding carboxylic acids is 1. The molecule has 2 atom stereocenters. The second-order valence-electron chi connectivity index (χ2n) is 6.19. The van der Waals surface area contributed by atoms with E-state index in [-0.39, 0.29) is 18.4 Å². The van der Waals surface area contributed by atoms with Gasteiger partial charge in [0.05, 0.1) is 13.7 Å². The Bertz CT molecular complexity index is 712. The second kappa shape index (κ2) is 7.36. The van der Waals surface area contributed by atoms with Gasteiger partial charge in [-0.2, -0.15) is 0 Å². The molecule has 0 bridgehead atoms. The van der Waals surface area contributed by atoms with E-state index < -0.39 is 0 Å². The normalized spacial score (nSPS) is 19.1. The molecular formula is C19H23NO3S. The van der Waals surface area contributed by atoms with E-state index >= 15 is 0 Å². The van der Waals surface area contributed by atoms with Crippen molar-refractivity contribution in [3.63, 3.8) is 0 Å². The van der Waals surface area contributed by atoms with E-state index in [1.54, 1.807) is 23.3 Å². The maximum atomic E-state index is 12.9. The van der Waals surface area contributed by atoms with Crippen molar-refractivity contribution in [3.8, 4) is 5.75 Å². The molecule has 128 valence electrons. The maximum absolute atomic E-state index is 12.9. The lowest BCUT2D eigenvalue weighted by Crippen LogP contribution is -2.34. The Hall–Kier alpha value is -1.85. The minimum absolute atomic E-state index is 0.0314. The summed E-state index contributed by atoms with van der Waals surface area (Å²) in [4.78, 5) is 17.2. The number of hydrogen-bond donors (Lipinski definition) is 1. The van der Waals surface area contributed by atoms with Gasteiger partial charge in [0.2, 0.25) is 5.91 Å². The predicted octanol–water partition coefficient (Wildman–Crippen LogP) is 3.19. The Balaban J connectivity index is 1.70. The van der Waals surface area contributed by atoms with Gasteiger partial charge in [-0.1, -0.05) is 18.2 Å². The Morgan fingerprint density at radius 2 is 2.12 bits per heavy atom. The van der Waals surface area contributed by atoms with E-state index in [0.29, 0.717) is 19.0 Å². The van der Waals surface area contributed by atoms with Gasteiger partial charge in [0.1, 0.15) is 5.75 Å². The average molecular weight is 345 g/mol. The van der Waals surface area contributed by atoms with Crippen molar-refractivity contribution in [3.05, 3.63) is 51.7 Å².